The molecule has 1 nitrogen and oxygen atoms in total. The molecule has 0 aromatic rings. The molecular formula is C13H20OS. The molecular weight excluding hydrogens is 204 g/mol. The number of thiol groups is 1. The Balaban J connectivity index is 2.74. The highest BCUT2D eigenvalue weighted by molar-refractivity contribution is 7.81. The topological polar surface area (TPSA) is 20.2 Å². The van der Waals surface area contributed by atoms with Crippen molar-refractivity contribution in [3.63, 3.8) is 0 Å². The maximum absolute atomic E-state index is 9.84. The zero-order chi connectivity index (χ0) is 11.4. The fraction of sp³-hybridized carbons (Fsp3) is 0.538. The molecule has 0 spiro atoms. The van der Waals surface area contributed by atoms with Gasteiger partial charge in [-0.3, -0.25) is 0 Å². The van der Waals surface area contributed by atoms with E-state index in [1.807, 2.05) is 12.2 Å². The highest BCUT2D eigenvalue weighted by atomic mass is 32.1. The van der Waals surface area contributed by atoms with Gasteiger partial charge in [-0.15, -0.1) is 0 Å². The van der Waals surface area contributed by atoms with Gasteiger partial charge in [0.15, 0.2) is 0 Å². The molecule has 0 amide bonds. The monoisotopic (exact) mass is 224 g/mol. The van der Waals surface area contributed by atoms with E-state index in [-0.39, 0.29) is 11.4 Å². The van der Waals surface area contributed by atoms with Crippen molar-refractivity contribution in [1.82, 2.24) is 0 Å². The quantitative estimate of drug-likeness (QED) is 0.429. The Hall–Kier alpha value is -0.470. The third-order valence-corrected chi connectivity index (χ3v) is 4.06. The third-order valence-electron chi connectivity index (χ3n) is 3.26. The van der Waals surface area contributed by atoms with E-state index in [0.29, 0.717) is 11.8 Å². The van der Waals surface area contributed by atoms with Crippen molar-refractivity contribution in [3.05, 3.63) is 36.5 Å². The smallest absolute Gasteiger partial charge is 0.0752 e. The van der Waals surface area contributed by atoms with Crippen molar-refractivity contribution < 1.29 is 5.11 Å². The van der Waals surface area contributed by atoms with Crippen molar-refractivity contribution in [2.24, 2.45) is 11.8 Å². The Morgan fingerprint density at radius 2 is 2.13 bits per heavy atom. The zero-order valence-corrected chi connectivity index (χ0v) is 10.3. The lowest BCUT2D eigenvalue weighted by Crippen LogP contribution is -2.34. The molecule has 0 fully saturated rings. The number of allylic oxidation sites excluding steroid dienone is 3. The Morgan fingerprint density at radius 3 is 2.73 bits per heavy atom. The van der Waals surface area contributed by atoms with Gasteiger partial charge in [-0.1, -0.05) is 50.3 Å². The van der Waals surface area contributed by atoms with Crippen molar-refractivity contribution >= 4 is 12.6 Å². The summed E-state index contributed by atoms with van der Waals surface area (Å²) in [5.41, 5.74) is 1.22. The average molecular weight is 224 g/mol. The minimum atomic E-state index is -0.324. The normalized spacial score (nSPS) is 36.7. The molecule has 4 unspecified atom stereocenters. The molecule has 0 radical (unpaired) electrons. The summed E-state index contributed by atoms with van der Waals surface area (Å²) < 4.78 is 0. The van der Waals surface area contributed by atoms with Crippen LogP contribution < -0.4 is 0 Å². The summed E-state index contributed by atoms with van der Waals surface area (Å²) >= 11 is 4.61. The maximum atomic E-state index is 9.84. The SMILES string of the molecule is C=C/C=C/CC1=CC(O)C(C)C(C)C1S. The van der Waals surface area contributed by atoms with Gasteiger partial charge in [-0.25, -0.2) is 0 Å². The van der Waals surface area contributed by atoms with E-state index < -0.39 is 0 Å². The molecule has 0 aromatic carbocycles. The van der Waals surface area contributed by atoms with Crippen molar-refractivity contribution in [1.29, 1.82) is 0 Å². The predicted molar refractivity (Wildman–Crippen MR) is 69.1 cm³/mol. The number of hydrogen-bond acceptors (Lipinski definition) is 2. The summed E-state index contributed by atoms with van der Waals surface area (Å²) in [5, 5.41) is 10.1. The van der Waals surface area contributed by atoms with E-state index in [1.54, 1.807) is 6.08 Å². The van der Waals surface area contributed by atoms with Crippen molar-refractivity contribution in [3.8, 4) is 0 Å². The molecule has 15 heavy (non-hydrogen) atoms. The predicted octanol–water partition coefficient (Wildman–Crippen LogP) is 2.99. The van der Waals surface area contributed by atoms with Crippen LogP contribution in [0.3, 0.4) is 0 Å². The molecule has 0 aromatic heterocycles. The van der Waals surface area contributed by atoms with Crippen LogP contribution in [0, 0.1) is 11.8 Å². The third kappa shape index (κ3) is 2.99. The molecule has 2 heteroatoms. The number of rotatable bonds is 3. The second kappa shape index (κ2) is 5.57. The first-order valence-electron chi connectivity index (χ1n) is 5.42. The fourth-order valence-electron chi connectivity index (χ4n) is 1.90. The summed E-state index contributed by atoms with van der Waals surface area (Å²) in [6.45, 7) is 7.85. The molecule has 4 atom stereocenters. The van der Waals surface area contributed by atoms with Crippen LogP contribution in [0.4, 0.5) is 0 Å². The Bertz CT molecular complexity index is 280. The van der Waals surface area contributed by atoms with Gasteiger partial charge < -0.3 is 5.11 Å². The molecule has 0 bridgehead atoms. The van der Waals surface area contributed by atoms with Crippen molar-refractivity contribution in [2.75, 3.05) is 0 Å². The lowest BCUT2D eigenvalue weighted by molar-refractivity contribution is 0.119. The Labute approximate surface area is 98.0 Å². The van der Waals surface area contributed by atoms with E-state index in [2.05, 4.69) is 39.1 Å². The van der Waals surface area contributed by atoms with E-state index in [9.17, 15) is 5.11 Å². The molecule has 1 aliphatic rings. The first kappa shape index (κ1) is 12.6. The van der Waals surface area contributed by atoms with Gasteiger partial charge in [-0.05, 0) is 18.3 Å². The summed E-state index contributed by atoms with van der Waals surface area (Å²) in [6.07, 6.45) is 8.23. The van der Waals surface area contributed by atoms with Crippen molar-refractivity contribution in [2.45, 2.75) is 31.6 Å². The lowest BCUT2D eigenvalue weighted by Gasteiger charge is -2.34. The highest BCUT2D eigenvalue weighted by Crippen LogP contribution is 2.34. The first-order valence-corrected chi connectivity index (χ1v) is 5.93. The van der Waals surface area contributed by atoms with Crippen LogP contribution in [-0.2, 0) is 0 Å². The van der Waals surface area contributed by atoms with Crippen LogP contribution in [0.5, 0.6) is 0 Å². The van der Waals surface area contributed by atoms with Gasteiger partial charge in [0.25, 0.3) is 0 Å². The standard InChI is InChI=1S/C13H20OS/c1-4-5-6-7-11-8-12(14)9(2)10(3)13(11)15/h4-6,8-10,12-15H,1,7H2,2-3H3/b6-5+. The molecule has 0 saturated heterocycles. The van der Waals surface area contributed by atoms with Gasteiger partial charge in [0.1, 0.15) is 0 Å². The largest absolute Gasteiger partial charge is 0.389 e. The number of aliphatic hydroxyl groups is 1. The van der Waals surface area contributed by atoms with Crippen LogP contribution >= 0.6 is 12.6 Å². The zero-order valence-electron chi connectivity index (χ0n) is 9.43. The summed E-state index contributed by atoms with van der Waals surface area (Å²) in [7, 11) is 0. The van der Waals surface area contributed by atoms with E-state index in [0.717, 1.165) is 6.42 Å². The minimum Gasteiger partial charge on any atom is -0.389 e. The molecule has 1 aliphatic carbocycles. The van der Waals surface area contributed by atoms with Gasteiger partial charge in [-0.2, -0.15) is 12.6 Å². The van der Waals surface area contributed by atoms with Crippen LogP contribution in [-0.4, -0.2) is 16.5 Å². The summed E-state index contributed by atoms with van der Waals surface area (Å²) in [6, 6.07) is 0. The summed E-state index contributed by atoms with van der Waals surface area (Å²) in [4.78, 5) is 0. The molecule has 0 aliphatic heterocycles. The second-order valence-electron chi connectivity index (χ2n) is 4.26. The highest BCUT2D eigenvalue weighted by Gasteiger charge is 2.31. The van der Waals surface area contributed by atoms with Gasteiger partial charge >= 0.3 is 0 Å². The van der Waals surface area contributed by atoms with E-state index >= 15 is 0 Å². The molecule has 84 valence electrons. The molecule has 1 N–H and O–H groups in total. The van der Waals surface area contributed by atoms with Gasteiger partial charge in [0.05, 0.1) is 6.10 Å². The molecule has 0 saturated carbocycles. The van der Waals surface area contributed by atoms with E-state index in [1.165, 1.54) is 5.57 Å². The van der Waals surface area contributed by atoms with Gasteiger partial charge in [0, 0.05) is 5.25 Å². The number of hydrogen-bond donors (Lipinski definition) is 2. The van der Waals surface area contributed by atoms with Crippen LogP contribution in [0.1, 0.15) is 20.3 Å². The molecule has 1 rings (SSSR count). The van der Waals surface area contributed by atoms with Crippen LogP contribution in [0.25, 0.3) is 0 Å². The van der Waals surface area contributed by atoms with Crippen LogP contribution in [0.15, 0.2) is 36.5 Å². The maximum Gasteiger partial charge on any atom is 0.0752 e. The number of aliphatic hydroxyl groups excluding tert-OH is 1. The van der Waals surface area contributed by atoms with E-state index in [4.69, 9.17) is 0 Å². The Kier molecular flexibility index (Phi) is 4.68. The minimum absolute atomic E-state index is 0.262. The fourth-order valence-corrected chi connectivity index (χ4v) is 2.36. The van der Waals surface area contributed by atoms with Crippen LogP contribution in [0.2, 0.25) is 0 Å². The lowest BCUT2D eigenvalue weighted by atomic mass is 9.79. The first-order chi connectivity index (χ1) is 7.07. The average Bonchev–Trinajstić information content (AvgIpc) is 2.23. The Morgan fingerprint density at radius 1 is 1.47 bits per heavy atom. The van der Waals surface area contributed by atoms with Gasteiger partial charge in [0.2, 0.25) is 0 Å². The summed E-state index contributed by atoms with van der Waals surface area (Å²) in [5.74, 6) is 0.708. The molecule has 0 heterocycles. The second-order valence-corrected chi connectivity index (χ2v) is 4.82.